The number of hydrogen-bond donors (Lipinski definition) is 1. The number of halogens is 5. The van der Waals surface area contributed by atoms with Crippen molar-refractivity contribution in [2.24, 2.45) is 0 Å². The minimum Gasteiger partial charge on any atom is -0.309 e. The van der Waals surface area contributed by atoms with E-state index >= 15 is 0 Å². The van der Waals surface area contributed by atoms with Crippen LogP contribution < -0.4 is 5.32 Å². The van der Waals surface area contributed by atoms with Crippen molar-refractivity contribution in [3.05, 3.63) is 46.2 Å². The summed E-state index contributed by atoms with van der Waals surface area (Å²) in [5.74, 6) is -0.325. The van der Waals surface area contributed by atoms with Crippen molar-refractivity contribution in [3.8, 4) is 0 Å². The Labute approximate surface area is 143 Å². The zero-order valence-corrected chi connectivity index (χ0v) is 13.5. The minimum absolute atomic E-state index is 0.0565. The van der Waals surface area contributed by atoms with E-state index < -0.39 is 17.6 Å². The summed E-state index contributed by atoms with van der Waals surface area (Å²) >= 11 is 12.5. The highest BCUT2D eigenvalue weighted by Gasteiger charge is 2.30. The Bertz CT molecular complexity index is 711. The van der Waals surface area contributed by atoms with E-state index in [2.05, 4.69) is 15.3 Å². The monoisotopic (exact) mass is 381 g/mol. The van der Waals surface area contributed by atoms with Gasteiger partial charge in [-0.25, -0.2) is 9.97 Å². The number of rotatable bonds is 4. The molecule has 0 saturated carbocycles. The lowest BCUT2D eigenvalue weighted by atomic mass is 10.3. The Kier molecular flexibility index (Phi) is 5.72. The second-order valence-electron chi connectivity index (χ2n) is 4.20. The Morgan fingerprint density at radius 1 is 1.22 bits per heavy atom. The van der Waals surface area contributed by atoms with Gasteiger partial charge in [-0.15, -0.1) is 0 Å². The van der Waals surface area contributed by atoms with Gasteiger partial charge in [-0.2, -0.15) is 13.2 Å². The van der Waals surface area contributed by atoms with E-state index in [-0.39, 0.29) is 16.6 Å². The molecule has 0 spiro atoms. The molecule has 2 aromatic heterocycles. The van der Waals surface area contributed by atoms with E-state index in [4.69, 9.17) is 23.2 Å². The van der Waals surface area contributed by atoms with Crippen LogP contribution in [0, 0.1) is 0 Å². The third kappa shape index (κ3) is 5.26. The van der Waals surface area contributed by atoms with Crippen molar-refractivity contribution in [1.29, 1.82) is 0 Å². The van der Waals surface area contributed by atoms with E-state index in [1.807, 2.05) is 0 Å². The normalized spacial score (nSPS) is 11.3. The summed E-state index contributed by atoms with van der Waals surface area (Å²) in [5, 5.41) is 3.28. The molecule has 0 aliphatic heterocycles. The lowest BCUT2D eigenvalue weighted by molar-refractivity contribution is -0.137. The predicted octanol–water partition coefficient (Wildman–Crippen LogP) is 4.53. The summed E-state index contributed by atoms with van der Waals surface area (Å²) in [5.41, 5.74) is -0.844. The molecule has 1 N–H and O–H groups in total. The fraction of sp³-hybridized carbons (Fsp3) is 0.154. The lowest BCUT2D eigenvalue weighted by Crippen LogP contribution is -2.15. The Morgan fingerprint density at radius 2 is 1.96 bits per heavy atom. The maximum atomic E-state index is 12.4. The van der Waals surface area contributed by atoms with Gasteiger partial charge in [0.25, 0.3) is 0 Å². The molecule has 0 aromatic carbocycles. The van der Waals surface area contributed by atoms with Crippen molar-refractivity contribution in [2.45, 2.75) is 11.2 Å². The molecule has 2 heterocycles. The van der Waals surface area contributed by atoms with Gasteiger partial charge >= 0.3 is 6.18 Å². The second kappa shape index (κ2) is 7.37. The van der Waals surface area contributed by atoms with E-state index in [0.717, 1.165) is 24.0 Å². The van der Waals surface area contributed by atoms with E-state index in [0.29, 0.717) is 10.0 Å². The van der Waals surface area contributed by atoms with Crippen molar-refractivity contribution < 1.29 is 18.0 Å². The van der Waals surface area contributed by atoms with Gasteiger partial charge in [0.2, 0.25) is 5.91 Å². The number of amides is 1. The molecular formula is C13H8Cl2F3N3OS. The zero-order chi connectivity index (χ0) is 17.0. The molecular weight excluding hydrogens is 374 g/mol. The standard InChI is InChI=1S/C13H8Cl2F3N3OS/c14-8-3-9(15)12(20-5-8)21-10(22)6-23-11-2-1-7(4-19-11)13(16,17)18/h1-5H,6H2,(H,20,21,22). The zero-order valence-electron chi connectivity index (χ0n) is 11.2. The fourth-order valence-corrected chi connectivity index (χ4v) is 2.52. The van der Waals surface area contributed by atoms with Crippen molar-refractivity contribution >= 4 is 46.7 Å². The number of anilines is 1. The fourth-order valence-electron chi connectivity index (χ4n) is 1.45. The molecule has 0 aliphatic rings. The summed E-state index contributed by atoms with van der Waals surface area (Å²) in [6, 6.07) is 3.54. The Balaban J connectivity index is 1.91. The highest BCUT2D eigenvalue weighted by Crippen LogP contribution is 2.29. The number of alkyl halides is 3. The molecule has 2 aromatic rings. The second-order valence-corrected chi connectivity index (χ2v) is 6.04. The van der Waals surface area contributed by atoms with Gasteiger partial charge in [0.15, 0.2) is 5.82 Å². The van der Waals surface area contributed by atoms with Gasteiger partial charge in [-0.3, -0.25) is 4.79 Å². The van der Waals surface area contributed by atoms with Crippen molar-refractivity contribution in [2.75, 3.05) is 11.1 Å². The number of carbonyl (C=O) groups is 1. The molecule has 0 unspecified atom stereocenters. The minimum atomic E-state index is -4.44. The SMILES string of the molecule is O=C(CSc1ccc(C(F)(F)F)cn1)Nc1ncc(Cl)cc1Cl. The number of carbonyl (C=O) groups excluding carboxylic acids is 1. The average molecular weight is 382 g/mol. The molecule has 0 saturated heterocycles. The summed E-state index contributed by atoms with van der Waals surface area (Å²) in [6.07, 6.45) is -2.39. The number of aromatic nitrogens is 2. The van der Waals surface area contributed by atoms with Crippen LogP contribution >= 0.6 is 35.0 Å². The first kappa shape index (κ1) is 17.8. The van der Waals surface area contributed by atoms with Crippen molar-refractivity contribution in [1.82, 2.24) is 9.97 Å². The highest BCUT2D eigenvalue weighted by molar-refractivity contribution is 7.99. The van der Waals surface area contributed by atoms with Crippen LogP contribution in [-0.4, -0.2) is 21.6 Å². The first-order valence-corrected chi connectivity index (χ1v) is 7.77. The maximum Gasteiger partial charge on any atom is 0.417 e. The molecule has 2 rings (SSSR count). The number of nitrogens with zero attached hydrogens (tertiary/aromatic N) is 2. The molecule has 0 fully saturated rings. The molecule has 10 heteroatoms. The number of nitrogens with one attached hydrogen (secondary N) is 1. The summed E-state index contributed by atoms with van der Waals surface area (Å²) < 4.78 is 37.2. The van der Waals surface area contributed by atoms with Crippen LogP contribution in [0.3, 0.4) is 0 Å². The molecule has 1 amide bonds. The van der Waals surface area contributed by atoms with Crippen LogP contribution in [0.4, 0.5) is 19.0 Å². The first-order chi connectivity index (χ1) is 10.8. The number of thioether (sulfide) groups is 1. The van der Waals surface area contributed by atoms with Gasteiger partial charge in [0.05, 0.1) is 26.4 Å². The highest BCUT2D eigenvalue weighted by atomic mass is 35.5. The molecule has 0 aliphatic carbocycles. The van der Waals surface area contributed by atoms with E-state index in [1.54, 1.807) is 0 Å². The van der Waals surface area contributed by atoms with Gasteiger partial charge in [0, 0.05) is 12.4 Å². The topological polar surface area (TPSA) is 54.9 Å². The predicted molar refractivity (Wildman–Crippen MR) is 82.8 cm³/mol. The Morgan fingerprint density at radius 3 is 2.52 bits per heavy atom. The molecule has 0 radical (unpaired) electrons. The molecule has 0 bridgehead atoms. The number of hydrogen-bond acceptors (Lipinski definition) is 4. The third-order valence-corrected chi connectivity index (χ3v) is 3.92. The van der Waals surface area contributed by atoms with Crippen LogP contribution in [0.5, 0.6) is 0 Å². The maximum absolute atomic E-state index is 12.4. The number of pyridine rings is 2. The van der Waals surface area contributed by atoms with Gasteiger partial charge < -0.3 is 5.32 Å². The average Bonchev–Trinajstić information content (AvgIpc) is 2.47. The van der Waals surface area contributed by atoms with Crippen molar-refractivity contribution in [3.63, 3.8) is 0 Å². The molecule has 4 nitrogen and oxygen atoms in total. The van der Waals surface area contributed by atoms with Crippen LogP contribution in [0.2, 0.25) is 10.0 Å². The van der Waals surface area contributed by atoms with Gasteiger partial charge in [0.1, 0.15) is 0 Å². The molecule has 122 valence electrons. The molecule has 23 heavy (non-hydrogen) atoms. The van der Waals surface area contributed by atoms with Crippen LogP contribution in [0.1, 0.15) is 5.56 Å². The largest absolute Gasteiger partial charge is 0.417 e. The van der Waals surface area contributed by atoms with Crippen LogP contribution in [0.25, 0.3) is 0 Å². The first-order valence-electron chi connectivity index (χ1n) is 6.02. The van der Waals surface area contributed by atoms with E-state index in [9.17, 15) is 18.0 Å². The summed E-state index contributed by atoms with van der Waals surface area (Å²) in [7, 11) is 0. The summed E-state index contributed by atoms with van der Waals surface area (Å²) in [4.78, 5) is 19.3. The third-order valence-electron chi connectivity index (χ3n) is 2.48. The van der Waals surface area contributed by atoms with Crippen LogP contribution in [-0.2, 0) is 11.0 Å². The molecule has 0 atom stereocenters. The van der Waals surface area contributed by atoms with Crippen LogP contribution in [0.15, 0.2) is 35.6 Å². The summed E-state index contributed by atoms with van der Waals surface area (Å²) in [6.45, 7) is 0. The lowest BCUT2D eigenvalue weighted by Gasteiger charge is -2.07. The smallest absolute Gasteiger partial charge is 0.309 e. The van der Waals surface area contributed by atoms with E-state index in [1.165, 1.54) is 18.3 Å². The van der Waals surface area contributed by atoms with Gasteiger partial charge in [-0.05, 0) is 18.2 Å². The Hall–Kier alpha value is -1.51. The quantitative estimate of drug-likeness (QED) is 0.790. The van der Waals surface area contributed by atoms with Gasteiger partial charge in [-0.1, -0.05) is 35.0 Å².